The van der Waals surface area contributed by atoms with Crippen LogP contribution >= 0.6 is 11.6 Å². The van der Waals surface area contributed by atoms with Crippen LogP contribution in [0.3, 0.4) is 0 Å². The number of hydrogen-bond donors (Lipinski definition) is 0. The summed E-state index contributed by atoms with van der Waals surface area (Å²) in [6.45, 7) is 2.06. The van der Waals surface area contributed by atoms with E-state index in [9.17, 15) is 0 Å². The second kappa shape index (κ2) is 3.72. The maximum atomic E-state index is 6.26. The van der Waals surface area contributed by atoms with E-state index < -0.39 is 0 Å². The van der Waals surface area contributed by atoms with Gasteiger partial charge in [-0.05, 0) is 36.8 Å². The second-order valence-electron chi connectivity index (χ2n) is 4.75. The van der Waals surface area contributed by atoms with E-state index in [1.165, 1.54) is 5.56 Å². The molecule has 0 aliphatic rings. The largest absolute Gasteiger partial charge is 0.454 e. The van der Waals surface area contributed by atoms with Crippen LogP contribution in [-0.4, -0.2) is 4.98 Å². The van der Waals surface area contributed by atoms with Crippen LogP contribution in [0.4, 0.5) is 0 Å². The second-order valence-corrected chi connectivity index (χ2v) is 5.15. The Hall–Kier alpha value is -2.06. The Kier molecular flexibility index (Phi) is 2.12. The maximum absolute atomic E-state index is 6.26. The summed E-state index contributed by atoms with van der Waals surface area (Å²) < 4.78 is 5.82. The number of nitrogens with zero attached hydrogens (tertiary/aromatic N) is 1. The first-order chi connectivity index (χ1) is 9.22. The van der Waals surface area contributed by atoms with Crippen LogP contribution in [0.25, 0.3) is 33.0 Å². The highest BCUT2D eigenvalue weighted by Gasteiger charge is 2.12. The molecule has 0 aliphatic heterocycles. The zero-order chi connectivity index (χ0) is 13.0. The van der Waals surface area contributed by atoms with Crippen molar-refractivity contribution in [2.45, 2.75) is 6.92 Å². The van der Waals surface area contributed by atoms with Gasteiger partial charge in [0.1, 0.15) is 11.1 Å². The van der Waals surface area contributed by atoms with Crippen molar-refractivity contribution in [2.75, 3.05) is 0 Å². The van der Waals surface area contributed by atoms with Crippen molar-refractivity contribution >= 4 is 44.6 Å². The number of halogens is 1. The smallest absolute Gasteiger partial charge is 0.154 e. The van der Waals surface area contributed by atoms with Gasteiger partial charge < -0.3 is 4.42 Å². The van der Waals surface area contributed by atoms with Gasteiger partial charge >= 0.3 is 0 Å². The third kappa shape index (κ3) is 1.53. The van der Waals surface area contributed by atoms with E-state index in [1.807, 2.05) is 24.3 Å². The molecule has 0 amide bonds. The van der Waals surface area contributed by atoms with Crippen LogP contribution in [-0.2, 0) is 0 Å². The molecule has 0 N–H and O–H groups in total. The highest BCUT2D eigenvalue weighted by atomic mass is 35.5. The van der Waals surface area contributed by atoms with Gasteiger partial charge in [-0.15, -0.1) is 0 Å². The molecule has 0 saturated carbocycles. The van der Waals surface area contributed by atoms with Crippen molar-refractivity contribution < 1.29 is 4.42 Å². The fourth-order valence-corrected chi connectivity index (χ4v) is 2.71. The Morgan fingerprint density at radius 3 is 2.84 bits per heavy atom. The topological polar surface area (TPSA) is 26.0 Å². The molecule has 0 atom stereocenters. The summed E-state index contributed by atoms with van der Waals surface area (Å²) in [6.07, 6.45) is 0. The van der Waals surface area contributed by atoms with Gasteiger partial charge in [-0.3, -0.25) is 0 Å². The summed E-state index contributed by atoms with van der Waals surface area (Å²) in [5, 5.41) is 2.65. The lowest BCUT2D eigenvalue weighted by atomic mass is 10.1. The van der Waals surface area contributed by atoms with Gasteiger partial charge in [0.15, 0.2) is 5.58 Å². The lowest BCUT2D eigenvalue weighted by Gasteiger charge is -1.99. The summed E-state index contributed by atoms with van der Waals surface area (Å²) in [5.41, 5.74) is 4.55. The predicted octanol–water partition coefficient (Wildman–Crippen LogP) is 5.10. The number of furan rings is 1. The van der Waals surface area contributed by atoms with Crippen molar-refractivity contribution in [3.8, 4) is 0 Å². The SMILES string of the molecule is Cc1ccc2cc3oc4cccc(Cl)c4c3nc2c1. The van der Waals surface area contributed by atoms with Crippen LogP contribution in [0.1, 0.15) is 5.56 Å². The number of fused-ring (bicyclic) bond motifs is 4. The van der Waals surface area contributed by atoms with Crippen LogP contribution < -0.4 is 0 Å². The molecule has 0 fully saturated rings. The molecule has 2 heterocycles. The summed E-state index contributed by atoms with van der Waals surface area (Å²) >= 11 is 6.26. The number of rotatable bonds is 0. The zero-order valence-electron chi connectivity index (χ0n) is 10.3. The van der Waals surface area contributed by atoms with E-state index in [1.54, 1.807) is 0 Å². The Labute approximate surface area is 114 Å². The van der Waals surface area contributed by atoms with Crippen LogP contribution in [0.15, 0.2) is 46.9 Å². The third-order valence-corrected chi connectivity index (χ3v) is 3.69. The maximum Gasteiger partial charge on any atom is 0.154 e. The third-order valence-electron chi connectivity index (χ3n) is 3.37. The van der Waals surface area contributed by atoms with Crippen molar-refractivity contribution in [3.05, 3.63) is 53.1 Å². The molecule has 2 aromatic heterocycles. The van der Waals surface area contributed by atoms with Crippen LogP contribution in [0.5, 0.6) is 0 Å². The van der Waals surface area contributed by atoms with Gasteiger partial charge in [-0.2, -0.15) is 0 Å². The zero-order valence-corrected chi connectivity index (χ0v) is 11.0. The number of aromatic nitrogens is 1. The number of benzene rings is 2. The Morgan fingerprint density at radius 1 is 1.05 bits per heavy atom. The summed E-state index contributed by atoms with van der Waals surface area (Å²) in [5.74, 6) is 0. The standard InChI is InChI=1S/C16H10ClNO/c1-9-5-6-10-8-14-16(18-12(10)7-9)15-11(17)3-2-4-13(15)19-14/h2-8H,1H3. The highest BCUT2D eigenvalue weighted by Crippen LogP contribution is 2.34. The quantitative estimate of drug-likeness (QED) is 0.443. The minimum atomic E-state index is 0.677. The summed E-state index contributed by atoms with van der Waals surface area (Å²) in [6, 6.07) is 13.9. The van der Waals surface area contributed by atoms with Gasteiger partial charge in [0.25, 0.3) is 0 Å². The van der Waals surface area contributed by atoms with Gasteiger partial charge in [-0.1, -0.05) is 29.8 Å². The molecule has 0 radical (unpaired) electrons. The van der Waals surface area contributed by atoms with Gasteiger partial charge in [0.05, 0.1) is 15.9 Å². The van der Waals surface area contributed by atoms with Crippen molar-refractivity contribution in [3.63, 3.8) is 0 Å². The Balaban J connectivity index is 2.25. The molecule has 2 aromatic carbocycles. The normalized spacial score (nSPS) is 11.7. The summed E-state index contributed by atoms with van der Waals surface area (Å²) in [7, 11) is 0. The molecule has 4 aromatic rings. The van der Waals surface area contributed by atoms with E-state index in [2.05, 4.69) is 25.1 Å². The molecule has 0 saturated heterocycles. The van der Waals surface area contributed by atoms with E-state index >= 15 is 0 Å². The first-order valence-electron chi connectivity index (χ1n) is 6.10. The highest BCUT2D eigenvalue weighted by molar-refractivity contribution is 6.37. The predicted molar refractivity (Wildman–Crippen MR) is 78.8 cm³/mol. The number of aryl methyl sites for hydroxylation is 1. The van der Waals surface area contributed by atoms with Crippen LogP contribution in [0.2, 0.25) is 5.02 Å². The fraction of sp³-hybridized carbons (Fsp3) is 0.0625. The van der Waals surface area contributed by atoms with Gasteiger partial charge in [0, 0.05) is 5.39 Å². The average Bonchev–Trinajstić information content (AvgIpc) is 2.74. The molecule has 4 rings (SSSR count). The molecule has 0 spiro atoms. The lowest BCUT2D eigenvalue weighted by molar-refractivity contribution is 0.669. The number of hydrogen-bond acceptors (Lipinski definition) is 2. The van der Waals surface area contributed by atoms with E-state index in [-0.39, 0.29) is 0 Å². The molecule has 19 heavy (non-hydrogen) atoms. The lowest BCUT2D eigenvalue weighted by Crippen LogP contribution is -1.81. The molecular weight excluding hydrogens is 258 g/mol. The van der Waals surface area contributed by atoms with Crippen molar-refractivity contribution in [2.24, 2.45) is 0 Å². The molecule has 3 heteroatoms. The van der Waals surface area contributed by atoms with E-state index in [4.69, 9.17) is 21.0 Å². The molecule has 2 nitrogen and oxygen atoms in total. The first kappa shape index (κ1) is 10.8. The minimum Gasteiger partial charge on any atom is -0.454 e. The van der Waals surface area contributed by atoms with Gasteiger partial charge in [-0.25, -0.2) is 4.98 Å². The van der Waals surface area contributed by atoms with Crippen molar-refractivity contribution in [1.82, 2.24) is 4.98 Å². The minimum absolute atomic E-state index is 0.677. The average molecular weight is 268 g/mol. The molecular formula is C16H10ClNO. The first-order valence-corrected chi connectivity index (χ1v) is 6.48. The van der Waals surface area contributed by atoms with Crippen LogP contribution in [0, 0.1) is 6.92 Å². The molecule has 0 aliphatic carbocycles. The summed E-state index contributed by atoms with van der Waals surface area (Å²) in [4.78, 5) is 4.71. The van der Waals surface area contributed by atoms with Crippen molar-refractivity contribution in [1.29, 1.82) is 0 Å². The Morgan fingerprint density at radius 2 is 1.95 bits per heavy atom. The molecule has 0 bridgehead atoms. The van der Waals surface area contributed by atoms with Gasteiger partial charge in [0.2, 0.25) is 0 Å². The molecule has 92 valence electrons. The molecule has 0 unspecified atom stereocenters. The monoisotopic (exact) mass is 267 g/mol. The Bertz CT molecular complexity index is 940. The fourth-order valence-electron chi connectivity index (χ4n) is 2.45. The van der Waals surface area contributed by atoms with E-state index in [0.717, 1.165) is 33.0 Å². The van der Waals surface area contributed by atoms with E-state index in [0.29, 0.717) is 5.02 Å². The number of pyridine rings is 1.